The Kier molecular flexibility index (Phi) is 4.35. The number of aliphatic hydroxyl groups is 1. The van der Waals surface area contributed by atoms with Crippen molar-refractivity contribution in [2.24, 2.45) is 5.92 Å². The SMILES string of the molecule is CCOC(c1noc(C(CC)C(C)O)n1)C1CC1. The van der Waals surface area contributed by atoms with Crippen LogP contribution in [0.1, 0.15) is 63.8 Å². The Balaban J connectivity index is 2.12. The lowest BCUT2D eigenvalue weighted by atomic mass is 10.0. The van der Waals surface area contributed by atoms with Crippen LogP contribution in [-0.2, 0) is 4.74 Å². The quantitative estimate of drug-likeness (QED) is 0.809. The number of hydrogen-bond donors (Lipinski definition) is 1. The molecule has 1 aromatic heterocycles. The van der Waals surface area contributed by atoms with E-state index in [-0.39, 0.29) is 12.0 Å². The van der Waals surface area contributed by atoms with Crippen molar-refractivity contribution in [3.63, 3.8) is 0 Å². The zero-order valence-corrected chi connectivity index (χ0v) is 11.3. The molecule has 3 unspecified atom stereocenters. The first kappa shape index (κ1) is 13.5. The molecule has 5 nitrogen and oxygen atoms in total. The molecule has 0 radical (unpaired) electrons. The molecule has 0 spiro atoms. The van der Waals surface area contributed by atoms with Gasteiger partial charge in [0.2, 0.25) is 11.7 Å². The molecule has 2 rings (SSSR count). The largest absolute Gasteiger partial charge is 0.393 e. The van der Waals surface area contributed by atoms with Crippen molar-refractivity contribution in [3.05, 3.63) is 11.7 Å². The van der Waals surface area contributed by atoms with Crippen LogP contribution in [0.5, 0.6) is 0 Å². The van der Waals surface area contributed by atoms with Gasteiger partial charge in [0.1, 0.15) is 6.10 Å². The van der Waals surface area contributed by atoms with Gasteiger partial charge >= 0.3 is 0 Å². The number of aliphatic hydroxyl groups excluding tert-OH is 1. The fraction of sp³-hybridized carbons (Fsp3) is 0.846. The minimum Gasteiger partial charge on any atom is -0.393 e. The zero-order valence-electron chi connectivity index (χ0n) is 11.3. The van der Waals surface area contributed by atoms with Crippen molar-refractivity contribution in [1.82, 2.24) is 10.1 Å². The van der Waals surface area contributed by atoms with E-state index in [1.165, 1.54) is 12.8 Å². The van der Waals surface area contributed by atoms with E-state index in [0.29, 0.717) is 24.2 Å². The fourth-order valence-electron chi connectivity index (χ4n) is 2.24. The van der Waals surface area contributed by atoms with Gasteiger partial charge in [-0.1, -0.05) is 12.1 Å². The van der Waals surface area contributed by atoms with E-state index in [1.807, 2.05) is 13.8 Å². The van der Waals surface area contributed by atoms with Crippen LogP contribution < -0.4 is 0 Å². The molecule has 0 aromatic carbocycles. The molecule has 102 valence electrons. The molecule has 1 aliphatic rings. The molecule has 1 N–H and O–H groups in total. The number of ether oxygens (including phenoxy) is 1. The highest BCUT2D eigenvalue weighted by molar-refractivity contribution is 5.02. The summed E-state index contributed by atoms with van der Waals surface area (Å²) in [6.07, 6.45) is 2.60. The van der Waals surface area contributed by atoms with Gasteiger partial charge in [-0.3, -0.25) is 0 Å². The van der Waals surface area contributed by atoms with Gasteiger partial charge in [0.25, 0.3) is 0 Å². The van der Waals surface area contributed by atoms with Crippen molar-refractivity contribution in [1.29, 1.82) is 0 Å². The van der Waals surface area contributed by atoms with E-state index >= 15 is 0 Å². The van der Waals surface area contributed by atoms with E-state index in [0.717, 1.165) is 6.42 Å². The van der Waals surface area contributed by atoms with Crippen LogP contribution in [0.15, 0.2) is 4.52 Å². The average Bonchev–Trinajstić information content (AvgIpc) is 3.06. The molecule has 1 fully saturated rings. The summed E-state index contributed by atoms with van der Waals surface area (Å²) in [5.41, 5.74) is 0. The second-order valence-electron chi connectivity index (χ2n) is 4.96. The Hall–Kier alpha value is -0.940. The van der Waals surface area contributed by atoms with E-state index < -0.39 is 6.10 Å². The second-order valence-corrected chi connectivity index (χ2v) is 4.96. The van der Waals surface area contributed by atoms with Gasteiger partial charge in [-0.15, -0.1) is 0 Å². The van der Waals surface area contributed by atoms with Gasteiger partial charge in [0, 0.05) is 6.61 Å². The minimum absolute atomic E-state index is 0.0426. The van der Waals surface area contributed by atoms with Crippen molar-refractivity contribution >= 4 is 0 Å². The highest BCUT2D eigenvalue weighted by atomic mass is 16.5. The van der Waals surface area contributed by atoms with Crippen LogP contribution in [0.2, 0.25) is 0 Å². The van der Waals surface area contributed by atoms with E-state index in [2.05, 4.69) is 10.1 Å². The molecule has 1 aliphatic carbocycles. The molecule has 1 aromatic rings. The highest BCUT2D eigenvalue weighted by Gasteiger charge is 2.36. The Morgan fingerprint density at radius 1 is 1.44 bits per heavy atom. The summed E-state index contributed by atoms with van der Waals surface area (Å²) in [7, 11) is 0. The van der Waals surface area contributed by atoms with E-state index in [1.54, 1.807) is 6.92 Å². The van der Waals surface area contributed by atoms with E-state index in [4.69, 9.17) is 9.26 Å². The normalized spacial score (nSPS) is 20.7. The summed E-state index contributed by atoms with van der Waals surface area (Å²) in [5.74, 6) is 1.59. The van der Waals surface area contributed by atoms with Crippen molar-refractivity contribution in [3.8, 4) is 0 Å². The first-order valence-corrected chi connectivity index (χ1v) is 6.80. The molecule has 18 heavy (non-hydrogen) atoms. The van der Waals surface area contributed by atoms with Gasteiger partial charge in [-0.25, -0.2) is 0 Å². The van der Waals surface area contributed by atoms with Crippen molar-refractivity contribution in [2.75, 3.05) is 6.61 Å². The standard InChI is InChI=1S/C13H22N2O3/c1-4-10(8(3)16)13-14-12(15-18-13)11(17-5-2)9-6-7-9/h8-11,16H,4-7H2,1-3H3. The first-order chi connectivity index (χ1) is 8.67. The first-order valence-electron chi connectivity index (χ1n) is 6.80. The molecular weight excluding hydrogens is 232 g/mol. The molecule has 0 amide bonds. The molecule has 1 saturated carbocycles. The van der Waals surface area contributed by atoms with Crippen LogP contribution in [0, 0.1) is 5.92 Å². The zero-order chi connectivity index (χ0) is 13.1. The summed E-state index contributed by atoms with van der Waals surface area (Å²) >= 11 is 0. The van der Waals surface area contributed by atoms with Gasteiger partial charge in [0.05, 0.1) is 12.0 Å². The molecule has 0 aliphatic heterocycles. The Labute approximate surface area is 108 Å². The summed E-state index contributed by atoms with van der Waals surface area (Å²) in [6, 6.07) is 0. The van der Waals surface area contributed by atoms with Gasteiger partial charge in [-0.2, -0.15) is 4.98 Å². The molecule has 0 bridgehead atoms. The van der Waals surface area contributed by atoms with Gasteiger partial charge < -0.3 is 14.4 Å². The highest BCUT2D eigenvalue weighted by Crippen LogP contribution is 2.42. The maximum atomic E-state index is 9.68. The molecule has 3 atom stereocenters. The third-order valence-corrected chi connectivity index (χ3v) is 3.45. The van der Waals surface area contributed by atoms with Crippen LogP contribution in [-0.4, -0.2) is 28.0 Å². The minimum atomic E-state index is -0.477. The second kappa shape index (κ2) is 5.80. The van der Waals surface area contributed by atoms with Gasteiger partial charge in [-0.05, 0) is 39.0 Å². The predicted molar refractivity (Wildman–Crippen MR) is 66.1 cm³/mol. The molecular formula is C13H22N2O3. The number of rotatable bonds is 7. The maximum Gasteiger partial charge on any atom is 0.232 e. The van der Waals surface area contributed by atoms with E-state index in [9.17, 15) is 5.11 Å². The summed E-state index contributed by atoms with van der Waals surface area (Å²) in [4.78, 5) is 4.42. The lowest BCUT2D eigenvalue weighted by Crippen LogP contribution is -2.14. The lowest BCUT2D eigenvalue weighted by Gasteiger charge is -2.13. The smallest absolute Gasteiger partial charge is 0.232 e. The summed E-state index contributed by atoms with van der Waals surface area (Å²) in [6.45, 7) is 6.38. The number of nitrogens with zero attached hydrogens (tertiary/aromatic N) is 2. The lowest BCUT2D eigenvalue weighted by molar-refractivity contribution is 0.0384. The third kappa shape index (κ3) is 2.90. The summed E-state index contributed by atoms with van der Waals surface area (Å²) in [5, 5.41) is 13.7. The Bertz CT molecular complexity index is 374. The van der Waals surface area contributed by atoms with Crippen molar-refractivity contribution < 1.29 is 14.4 Å². The molecule has 5 heteroatoms. The van der Waals surface area contributed by atoms with Gasteiger partial charge in [0.15, 0.2) is 0 Å². The fourth-order valence-corrected chi connectivity index (χ4v) is 2.24. The Morgan fingerprint density at radius 2 is 2.17 bits per heavy atom. The van der Waals surface area contributed by atoms with Crippen LogP contribution in [0.3, 0.4) is 0 Å². The molecule has 0 saturated heterocycles. The van der Waals surface area contributed by atoms with Crippen LogP contribution in [0.4, 0.5) is 0 Å². The molecule has 1 heterocycles. The maximum absolute atomic E-state index is 9.68. The summed E-state index contributed by atoms with van der Waals surface area (Å²) < 4.78 is 11.0. The van der Waals surface area contributed by atoms with Crippen molar-refractivity contribution in [2.45, 2.75) is 58.2 Å². The topological polar surface area (TPSA) is 68.4 Å². The number of aromatic nitrogens is 2. The average molecular weight is 254 g/mol. The van der Waals surface area contributed by atoms with Crippen LogP contribution >= 0.6 is 0 Å². The van der Waals surface area contributed by atoms with Crippen LogP contribution in [0.25, 0.3) is 0 Å². The predicted octanol–water partition coefficient (Wildman–Crippen LogP) is 2.43. The Morgan fingerprint density at radius 3 is 2.67 bits per heavy atom. The number of hydrogen-bond acceptors (Lipinski definition) is 5. The third-order valence-electron chi connectivity index (χ3n) is 3.45. The monoisotopic (exact) mass is 254 g/mol.